The number of hydrogen-bond donors (Lipinski definition) is 1. The number of hydrogen-bond acceptors (Lipinski definition) is 5. The minimum absolute atomic E-state index is 0.110. The van der Waals surface area contributed by atoms with Crippen LogP contribution in [0.4, 0.5) is 0 Å². The Hall–Kier alpha value is -0.915. The highest BCUT2D eigenvalue weighted by Crippen LogP contribution is 2.36. The Morgan fingerprint density at radius 3 is 2.16 bits per heavy atom. The summed E-state index contributed by atoms with van der Waals surface area (Å²) in [5.74, 6) is 0. The van der Waals surface area contributed by atoms with Crippen molar-refractivity contribution in [2.45, 2.75) is 71.2 Å². The zero-order valence-electron chi connectivity index (χ0n) is 16.2. The Morgan fingerprint density at radius 2 is 1.64 bits per heavy atom. The van der Waals surface area contributed by atoms with E-state index in [9.17, 15) is 0 Å². The van der Waals surface area contributed by atoms with E-state index in [1.54, 1.807) is 0 Å². The third-order valence-electron chi connectivity index (χ3n) is 5.29. The summed E-state index contributed by atoms with van der Waals surface area (Å²) in [5, 5.41) is 3.32. The summed E-state index contributed by atoms with van der Waals surface area (Å²) < 4.78 is 23.8. The maximum Gasteiger partial charge on any atom is 0.494 e. The van der Waals surface area contributed by atoms with Crippen molar-refractivity contribution in [1.82, 2.24) is 5.32 Å². The van der Waals surface area contributed by atoms with Gasteiger partial charge in [-0.05, 0) is 52.6 Å². The first-order valence-corrected chi connectivity index (χ1v) is 9.03. The van der Waals surface area contributed by atoms with E-state index in [2.05, 4.69) is 57.3 Å². The molecule has 1 unspecified atom stereocenters. The molecule has 1 N–H and O–H groups in total. The van der Waals surface area contributed by atoms with Crippen molar-refractivity contribution >= 4 is 12.6 Å². The van der Waals surface area contributed by atoms with Crippen LogP contribution >= 0.6 is 0 Å². The fraction of sp³-hybridized carbons (Fsp3) is 0.684. The average molecular weight is 347 g/mol. The second kappa shape index (κ2) is 6.67. The highest BCUT2D eigenvalue weighted by Gasteiger charge is 2.51. The van der Waals surface area contributed by atoms with Crippen LogP contribution in [0, 0.1) is 0 Å². The Labute approximate surface area is 151 Å². The first-order valence-electron chi connectivity index (χ1n) is 9.03. The van der Waals surface area contributed by atoms with Crippen LogP contribution in [-0.4, -0.2) is 43.3 Å². The van der Waals surface area contributed by atoms with Crippen LogP contribution in [0.5, 0.6) is 0 Å². The maximum absolute atomic E-state index is 6.08. The van der Waals surface area contributed by atoms with Gasteiger partial charge < -0.3 is 18.8 Å². The van der Waals surface area contributed by atoms with Crippen molar-refractivity contribution in [1.29, 1.82) is 0 Å². The zero-order valence-corrected chi connectivity index (χ0v) is 16.2. The van der Waals surface area contributed by atoms with E-state index < -0.39 is 0 Å². The number of ether oxygens (including phenoxy) is 2. The van der Waals surface area contributed by atoms with Gasteiger partial charge in [-0.15, -0.1) is 0 Å². The molecular formula is C19H30BNO4. The second-order valence-electron chi connectivity index (χ2n) is 8.48. The molecule has 138 valence electrons. The van der Waals surface area contributed by atoms with Crippen LogP contribution in [0.2, 0.25) is 0 Å². The second-order valence-corrected chi connectivity index (χ2v) is 8.48. The molecule has 25 heavy (non-hydrogen) atoms. The van der Waals surface area contributed by atoms with Crippen molar-refractivity contribution in [2.24, 2.45) is 0 Å². The van der Waals surface area contributed by atoms with Crippen LogP contribution < -0.4 is 10.8 Å². The van der Waals surface area contributed by atoms with Gasteiger partial charge in [0.2, 0.25) is 0 Å². The standard InChI is InChI=1S/C19H30BNO4/c1-17(2)18(3,4)25-20(24-17)15-9-7-14(8-10-15)12-22-13-16-11-21-19(5,6)23-16/h7-10,16,21H,11-13H2,1-6H3. The quantitative estimate of drug-likeness (QED) is 0.828. The highest BCUT2D eigenvalue weighted by molar-refractivity contribution is 6.62. The Bertz CT molecular complexity index is 584. The van der Waals surface area contributed by atoms with Gasteiger partial charge in [-0.3, -0.25) is 5.32 Å². The molecular weight excluding hydrogens is 317 g/mol. The van der Waals surface area contributed by atoms with Gasteiger partial charge in [0.15, 0.2) is 0 Å². The highest BCUT2D eigenvalue weighted by atomic mass is 16.7. The van der Waals surface area contributed by atoms with Crippen LogP contribution in [0.1, 0.15) is 47.1 Å². The van der Waals surface area contributed by atoms with Gasteiger partial charge >= 0.3 is 7.12 Å². The molecule has 0 aliphatic carbocycles. The molecule has 0 bridgehead atoms. The topological polar surface area (TPSA) is 49.0 Å². The van der Waals surface area contributed by atoms with E-state index in [1.165, 1.54) is 0 Å². The lowest BCUT2D eigenvalue weighted by Gasteiger charge is -2.32. The van der Waals surface area contributed by atoms with Crippen molar-refractivity contribution in [2.75, 3.05) is 13.2 Å². The SMILES string of the molecule is CC1(C)NCC(COCc2ccc(B3OC(C)(C)C(C)(C)O3)cc2)O1. The predicted molar refractivity (Wildman–Crippen MR) is 98.8 cm³/mol. The van der Waals surface area contributed by atoms with Crippen molar-refractivity contribution in [3.05, 3.63) is 29.8 Å². The Kier molecular flexibility index (Phi) is 5.03. The van der Waals surface area contributed by atoms with Gasteiger partial charge in [-0.25, -0.2) is 0 Å². The van der Waals surface area contributed by atoms with Gasteiger partial charge in [-0.1, -0.05) is 24.3 Å². The van der Waals surface area contributed by atoms with Crippen LogP contribution in [-0.2, 0) is 25.4 Å². The fourth-order valence-corrected chi connectivity index (χ4v) is 3.01. The monoisotopic (exact) mass is 347 g/mol. The van der Waals surface area contributed by atoms with E-state index in [4.69, 9.17) is 18.8 Å². The molecule has 1 atom stereocenters. The third-order valence-corrected chi connectivity index (χ3v) is 5.29. The summed E-state index contributed by atoms with van der Waals surface area (Å²) in [6, 6.07) is 8.24. The van der Waals surface area contributed by atoms with Crippen molar-refractivity contribution < 1.29 is 18.8 Å². The van der Waals surface area contributed by atoms with Crippen molar-refractivity contribution in [3.63, 3.8) is 0 Å². The zero-order chi connectivity index (χ0) is 18.3. The lowest BCUT2D eigenvalue weighted by Crippen LogP contribution is -2.41. The van der Waals surface area contributed by atoms with Gasteiger partial charge in [0.1, 0.15) is 5.72 Å². The fourth-order valence-electron chi connectivity index (χ4n) is 3.01. The Morgan fingerprint density at radius 1 is 1.04 bits per heavy atom. The van der Waals surface area contributed by atoms with E-state index in [0.29, 0.717) is 13.2 Å². The molecule has 2 heterocycles. The minimum Gasteiger partial charge on any atom is -0.399 e. The molecule has 0 spiro atoms. The van der Waals surface area contributed by atoms with Crippen LogP contribution in [0.25, 0.3) is 0 Å². The normalized spacial score (nSPS) is 27.0. The molecule has 0 aromatic heterocycles. The molecule has 6 heteroatoms. The van der Waals surface area contributed by atoms with Gasteiger partial charge in [0.05, 0.1) is 30.5 Å². The van der Waals surface area contributed by atoms with Crippen LogP contribution in [0.15, 0.2) is 24.3 Å². The van der Waals surface area contributed by atoms with Crippen LogP contribution in [0.3, 0.4) is 0 Å². The summed E-state index contributed by atoms with van der Waals surface area (Å²) in [7, 11) is -0.319. The largest absolute Gasteiger partial charge is 0.494 e. The van der Waals surface area contributed by atoms with Gasteiger partial charge in [0, 0.05) is 6.54 Å². The summed E-state index contributed by atoms with van der Waals surface area (Å²) in [4.78, 5) is 0. The average Bonchev–Trinajstić information content (AvgIpc) is 2.96. The summed E-state index contributed by atoms with van der Waals surface area (Å²) in [6.07, 6.45) is 0.110. The number of rotatable bonds is 5. The molecule has 1 aromatic carbocycles. The lowest BCUT2D eigenvalue weighted by atomic mass is 9.79. The maximum atomic E-state index is 6.08. The number of benzene rings is 1. The summed E-state index contributed by atoms with van der Waals surface area (Å²) >= 11 is 0. The number of nitrogens with one attached hydrogen (secondary N) is 1. The molecule has 2 saturated heterocycles. The molecule has 2 aliphatic rings. The smallest absolute Gasteiger partial charge is 0.399 e. The summed E-state index contributed by atoms with van der Waals surface area (Å²) in [6.45, 7) is 14.3. The molecule has 3 rings (SSSR count). The first kappa shape index (κ1) is 18.9. The molecule has 2 aliphatic heterocycles. The minimum atomic E-state index is -0.319. The summed E-state index contributed by atoms with van der Waals surface area (Å²) in [5.41, 5.74) is 1.28. The molecule has 0 radical (unpaired) electrons. The lowest BCUT2D eigenvalue weighted by molar-refractivity contribution is -0.0595. The van der Waals surface area contributed by atoms with Gasteiger partial charge in [-0.2, -0.15) is 0 Å². The van der Waals surface area contributed by atoms with E-state index in [0.717, 1.165) is 17.6 Å². The molecule has 2 fully saturated rings. The van der Waals surface area contributed by atoms with Gasteiger partial charge in [0.25, 0.3) is 0 Å². The molecule has 0 amide bonds. The molecule has 5 nitrogen and oxygen atoms in total. The first-order chi connectivity index (χ1) is 11.6. The Balaban J connectivity index is 1.50. The van der Waals surface area contributed by atoms with E-state index >= 15 is 0 Å². The van der Waals surface area contributed by atoms with Crippen molar-refractivity contribution in [3.8, 4) is 0 Å². The molecule has 1 aromatic rings. The predicted octanol–water partition coefficient (Wildman–Crippen LogP) is 2.23. The third kappa shape index (κ3) is 4.26. The van der Waals surface area contributed by atoms with E-state index in [1.807, 2.05) is 13.8 Å². The van der Waals surface area contributed by atoms with E-state index in [-0.39, 0.29) is 30.1 Å². The molecule has 0 saturated carbocycles.